The minimum Gasteiger partial charge on any atom is -0.496 e. The Balaban J connectivity index is 1.30. The van der Waals surface area contributed by atoms with Crippen LogP contribution in [-0.4, -0.2) is 82.2 Å². The van der Waals surface area contributed by atoms with E-state index in [1.54, 1.807) is 13.3 Å². The van der Waals surface area contributed by atoms with E-state index >= 15 is 0 Å². The zero-order valence-corrected chi connectivity index (χ0v) is 21.7. The number of piperazine rings is 1. The highest BCUT2D eigenvalue weighted by Crippen LogP contribution is 2.46. The molecule has 10 heteroatoms. The van der Waals surface area contributed by atoms with Crippen molar-refractivity contribution in [1.29, 1.82) is 0 Å². The Morgan fingerprint density at radius 1 is 1.24 bits per heavy atom. The van der Waals surface area contributed by atoms with Crippen LogP contribution in [0.1, 0.15) is 12.0 Å². The normalized spacial score (nSPS) is 25.7. The van der Waals surface area contributed by atoms with Gasteiger partial charge in [0, 0.05) is 38.8 Å². The predicted molar refractivity (Wildman–Crippen MR) is 143 cm³/mol. The Morgan fingerprint density at radius 3 is 2.78 bits per heavy atom. The standard InChI is InChI=1S/C27H31ClN6O3/c1-33-7-9-34(10-8-33)14-15-3-6-18(20(11-15)37-2)25-31-24-23(19(28)13-29-26(24)32-25)30-22-17-5-4-16(12-17)21(22)27(35)36/h3-6,11,13,16-17,21-22H,7-10,12,14H2,1-2H3,(H,35,36)(H2,29,30,31,32)/t16-,17+,21+,22-/m1/s1. The number of nitrogens with one attached hydrogen (secondary N) is 2. The molecule has 1 aliphatic heterocycles. The number of nitrogens with zero attached hydrogens (tertiary/aromatic N) is 4. The van der Waals surface area contributed by atoms with E-state index in [0.717, 1.165) is 50.5 Å². The number of ether oxygens (including phenoxy) is 1. The van der Waals surface area contributed by atoms with Crippen molar-refractivity contribution in [2.24, 2.45) is 17.8 Å². The number of aromatic nitrogens is 3. The third-order valence-corrected chi connectivity index (χ3v) is 8.33. The van der Waals surface area contributed by atoms with Crippen LogP contribution in [0, 0.1) is 17.8 Å². The average molecular weight is 523 g/mol. The van der Waals surface area contributed by atoms with Crippen LogP contribution in [0.4, 0.5) is 5.69 Å². The number of imidazole rings is 1. The summed E-state index contributed by atoms with van der Waals surface area (Å²) in [4.78, 5) is 29.4. The van der Waals surface area contributed by atoms with E-state index in [0.29, 0.717) is 27.7 Å². The van der Waals surface area contributed by atoms with Gasteiger partial charge < -0.3 is 25.0 Å². The molecule has 2 fully saturated rings. The Bertz CT molecular complexity index is 1370. The second-order valence-electron chi connectivity index (χ2n) is 10.4. The molecule has 0 amide bonds. The van der Waals surface area contributed by atoms with Gasteiger partial charge in [-0.2, -0.15) is 0 Å². The van der Waals surface area contributed by atoms with E-state index in [9.17, 15) is 9.90 Å². The van der Waals surface area contributed by atoms with Gasteiger partial charge >= 0.3 is 5.97 Å². The highest BCUT2D eigenvalue weighted by Gasteiger charge is 2.48. The minimum absolute atomic E-state index is 0.0412. The molecule has 9 nitrogen and oxygen atoms in total. The smallest absolute Gasteiger partial charge is 0.309 e. The molecule has 2 bridgehead atoms. The second kappa shape index (κ2) is 9.63. The molecule has 3 heterocycles. The highest BCUT2D eigenvalue weighted by molar-refractivity contribution is 6.34. The predicted octanol–water partition coefficient (Wildman–Crippen LogP) is 3.72. The number of rotatable bonds is 7. The summed E-state index contributed by atoms with van der Waals surface area (Å²) in [6.45, 7) is 5.12. The summed E-state index contributed by atoms with van der Waals surface area (Å²) < 4.78 is 5.76. The van der Waals surface area contributed by atoms with Crippen molar-refractivity contribution >= 4 is 34.4 Å². The number of likely N-dealkylation sites (N-methyl/N-ethyl adjacent to an activating group) is 1. The molecular formula is C27H31ClN6O3. The van der Waals surface area contributed by atoms with Gasteiger partial charge in [-0.25, -0.2) is 9.97 Å². The minimum atomic E-state index is -0.792. The fourth-order valence-corrected chi connectivity index (χ4v) is 6.20. The monoisotopic (exact) mass is 522 g/mol. The first-order valence-electron chi connectivity index (χ1n) is 12.7. The number of carbonyl (C=O) groups is 1. The quantitative estimate of drug-likeness (QED) is 0.403. The van der Waals surface area contributed by atoms with E-state index in [4.69, 9.17) is 21.3 Å². The molecule has 1 saturated carbocycles. The summed E-state index contributed by atoms with van der Waals surface area (Å²) in [6.07, 6.45) is 6.55. The molecule has 3 aliphatic rings. The number of hydrogen-bond acceptors (Lipinski definition) is 7. The summed E-state index contributed by atoms with van der Waals surface area (Å²) in [6, 6.07) is 5.96. The fraction of sp³-hybridized carbons (Fsp3) is 0.444. The summed E-state index contributed by atoms with van der Waals surface area (Å²) >= 11 is 6.57. The summed E-state index contributed by atoms with van der Waals surface area (Å²) in [7, 11) is 3.82. The SMILES string of the molecule is COc1cc(CN2CCN(C)CC2)ccc1-c1nc2c(N[C@H]3[C@@H](C(=O)O)[C@@H]4C=C[C@H]3C4)c(Cl)cnc2[nH]1. The Morgan fingerprint density at radius 2 is 2.03 bits per heavy atom. The number of fused-ring (bicyclic) bond motifs is 3. The first-order valence-corrected chi connectivity index (χ1v) is 13.1. The van der Waals surface area contributed by atoms with Crippen LogP contribution in [0.2, 0.25) is 5.02 Å². The van der Waals surface area contributed by atoms with Crippen molar-refractivity contribution in [1.82, 2.24) is 24.8 Å². The van der Waals surface area contributed by atoms with Gasteiger partial charge in [0.15, 0.2) is 5.65 Å². The molecule has 2 aliphatic carbocycles. The number of pyridine rings is 1. The summed E-state index contributed by atoms with van der Waals surface area (Å²) in [5.74, 6) is 0.255. The maximum absolute atomic E-state index is 12.0. The third kappa shape index (κ3) is 4.45. The van der Waals surface area contributed by atoms with Crippen LogP contribution in [0.25, 0.3) is 22.6 Å². The van der Waals surface area contributed by atoms with Crippen molar-refractivity contribution in [2.75, 3.05) is 45.7 Å². The van der Waals surface area contributed by atoms with Gasteiger partial charge in [-0.1, -0.05) is 29.8 Å². The van der Waals surface area contributed by atoms with E-state index in [1.807, 2.05) is 12.1 Å². The van der Waals surface area contributed by atoms with Crippen LogP contribution >= 0.6 is 11.6 Å². The number of aliphatic carboxylic acids is 1. The number of benzene rings is 1. The number of methoxy groups -OCH3 is 1. The van der Waals surface area contributed by atoms with E-state index in [2.05, 4.69) is 50.3 Å². The lowest BCUT2D eigenvalue weighted by atomic mass is 9.89. The van der Waals surface area contributed by atoms with Gasteiger partial charge in [-0.15, -0.1) is 0 Å². The van der Waals surface area contributed by atoms with Gasteiger partial charge in [-0.05, 0) is 43.0 Å². The van der Waals surface area contributed by atoms with E-state index in [-0.39, 0.29) is 17.9 Å². The number of H-pyrrole nitrogens is 1. The molecule has 6 rings (SSSR count). The lowest BCUT2D eigenvalue weighted by Crippen LogP contribution is -2.43. The lowest BCUT2D eigenvalue weighted by Gasteiger charge is -2.32. The van der Waals surface area contributed by atoms with Crippen molar-refractivity contribution in [3.63, 3.8) is 0 Å². The van der Waals surface area contributed by atoms with Crippen molar-refractivity contribution in [3.8, 4) is 17.1 Å². The van der Waals surface area contributed by atoms with Gasteiger partial charge in [0.2, 0.25) is 0 Å². The Labute approximate surface area is 220 Å². The van der Waals surface area contributed by atoms with Gasteiger partial charge in [0.05, 0.1) is 35.5 Å². The molecule has 0 spiro atoms. The molecule has 4 atom stereocenters. The number of hydrogen-bond donors (Lipinski definition) is 3. The van der Waals surface area contributed by atoms with Crippen LogP contribution < -0.4 is 10.1 Å². The third-order valence-electron chi connectivity index (χ3n) is 8.05. The fourth-order valence-electron chi connectivity index (χ4n) is 6.01. The largest absolute Gasteiger partial charge is 0.496 e. The van der Waals surface area contributed by atoms with E-state index < -0.39 is 11.9 Å². The first kappa shape index (κ1) is 24.2. The zero-order valence-electron chi connectivity index (χ0n) is 20.9. The molecule has 194 valence electrons. The zero-order chi connectivity index (χ0) is 25.7. The van der Waals surface area contributed by atoms with Crippen molar-refractivity contribution in [2.45, 2.75) is 19.0 Å². The second-order valence-corrected chi connectivity index (χ2v) is 10.8. The molecule has 37 heavy (non-hydrogen) atoms. The maximum Gasteiger partial charge on any atom is 0.309 e. The molecular weight excluding hydrogens is 492 g/mol. The topological polar surface area (TPSA) is 107 Å². The molecule has 1 saturated heterocycles. The average Bonchev–Trinajstić information content (AvgIpc) is 3.62. The van der Waals surface area contributed by atoms with Crippen LogP contribution in [-0.2, 0) is 11.3 Å². The Kier molecular flexibility index (Phi) is 6.30. The molecule has 3 N–H and O–H groups in total. The lowest BCUT2D eigenvalue weighted by molar-refractivity contribution is -0.142. The molecule has 1 aromatic carbocycles. The number of aromatic amines is 1. The van der Waals surface area contributed by atoms with Crippen LogP contribution in [0.15, 0.2) is 36.5 Å². The number of allylic oxidation sites excluding steroid dienone is 1. The maximum atomic E-state index is 12.0. The molecule has 0 radical (unpaired) electrons. The number of carboxylic acid groups (broad SMARTS) is 1. The van der Waals surface area contributed by atoms with Gasteiger partial charge in [0.1, 0.15) is 17.1 Å². The molecule has 0 unspecified atom stereocenters. The van der Waals surface area contributed by atoms with Crippen LogP contribution in [0.5, 0.6) is 5.75 Å². The summed E-state index contributed by atoms with van der Waals surface area (Å²) in [5, 5.41) is 13.7. The molecule has 2 aromatic heterocycles. The number of anilines is 1. The van der Waals surface area contributed by atoms with Crippen LogP contribution in [0.3, 0.4) is 0 Å². The Hall–Kier alpha value is -3.14. The van der Waals surface area contributed by atoms with Gasteiger partial charge in [-0.3, -0.25) is 9.69 Å². The molecule has 3 aromatic rings. The number of halogens is 1. The van der Waals surface area contributed by atoms with Crippen molar-refractivity contribution in [3.05, 3.63) is 47.1 Å². The van der Waals surface area contributed by atoms with E-state index in [1.165, 1.54) is 5.56 Å². The first-order chi connectivity index (χ1) is 17.9. The van der Waals surface area contributed by atoms with Gasteiger partial charge in [0.25, 0.3) is 0 Å². The summed E-state index contributed by atoms with van der Waals surface area (Å²) in [5.41, 5.74) is 3.79. The highest BCUT2D eigenvalue weighted by atomic mass is 35.5. The number of carboxylic acids is 1. The van der Waals surface area contributed by atoms with Crippen molar-refractivity contribution < 1.29 is 14.6 Å².